The number of urea groups is 1. The van der Waals surface area contributed by atoms with Crippen molar-refractivity contribution in [1.82, 2.24) is 10.2 Å². The highest BCUT2D eigenvalue weighted by Crippen LogP contribution is 2.28. The first-order valence-electron chi connectivity index (χ1n) is 7.32. The van der Waals surface area contributed by atoms with E-state index in [1.807, 2.05) is 6.92 Å². The van der Waals surface area contributed by atoms with Crippen molar-refractivity contribution in [3.63, 3.8) is 0 Å². The fraction of sp³-hybridized carbons (Fsp3) is 0.786. The van der Waals surface area contributed by atoms with Crippen molar-refractivity contribution in [3.8, 4) is 0 Å². The summed E-state index contributed by atoms with van der Waals surface area (Å²) in [6, 6.07) is -0.522. The van der Waals surface area contributed by atoms with E-state index < -0.39 is 23.5 Å². The summed E-state index contributed by atoms with van der Waals surface area (Å²) < 4.78 is 4.56. The largest absolute Gasteiger partial charge is 0.480 e. The van der Waals surface area contributed by atoms with Crippen LogP contribution in [0, 0.1) is 0 Å². The van der Waals surface area contributed by atoms with Gasteiger partial charge in [-0.1, -0.05) is 26.2 Å². The van der Waals surface area contributed by atoms with Crippen LogP contribution in [0.2, 0.25) is 0 Å². The second-order valence-electron chi connectivity index (χ2n) is 5.38. The Bertz CT molecular complexity index is 391. The van der Waals surface area contributed by atoms with Crippen LogP contribution in [0.5, 0.6) is 0 Å². The van der Waals surface area contributed by atoms with Crippen LogP contribution in [0.25, 0.3) is 0 Å². The summed E-state index contributed by atoms with van der Waals surface area (Å²) in [5.74, 6) is -1.53. The topological polar surface area (TPSA) is 95.9 Å². The quantitative estimate of drug-likeness (QED) is 0.722. The Morgan fingerprint density at radius 3 is 2.33 bits per heavy atom. The van der Waals surface area contributed by atoms with Crippen molar-refractivity contribution in [2.24, 2.45) is 0 Å². The van der Waals surface area contributed by atoms with Gasteiger partial charge in [0, 0.05) is 6.54 Å². The summed E-state index contributed by atoms with van der Waals surface area (Å²) in [5, 5.41) is 12.1. The molecule has 0 heterocycles. The summed E-state index contributed by atoms with van der Waals surface area (Å²) in [4.78, 5) is 36.5. The number of nitrogens with zero attached hydrogens (tertiary/aromatic N) is 1. The molecule has 0 aromatic rings. The lowest BCUT2D eigenvalue weighted by Gasteiger charge is -2.35. The van der Waals surface area contributed by atoms with Gasteiger partial charge in [-0.25, -0.2) is 9.59 Å². The van der Waals surface area contributed by atoms with Crippen molar-refractivity contribution in [1.29, 1.82) is 0 Å². The Kier molecular flexibility index (Phi) is 6.45. The number of esters is 1. The summed E-state index contributed by atoms with van der Waals surface area (Å²) in [5.41, 5.74) is -1.21. The highest BCUT2D eigenvalue weighted by atomic mass is 16.5. The predicted molar refractivity (Wildman–Crippen MR) is 75.9 cm³/mol. The number of nitrogens with one attached hydrogen (secondary N) is 1. The Hall–Kier alpha value is -1.79. The van der Waals surface area contributed by atoms with Gasteiger partial charge in [-0.05, 0) is 19.3 Å². The maximum absolute atomic E-state index is 12.3. The summed E-state index contributed by atoms with van der Waals surface area (Å²) in [6.07, 6.45) is 4.05. The van der Waals surface area contributed by atoms with E-state index in [-0.39, 0.29) is 6.54 Å². The van der Waals surface area contributed by atoms with E-state index in [0.717, 1.165) is 19.3 Å². The average Bonchev–Trinajstić information content (AvgIpc) is 2.47. The molecule has 7 heteroatoms. The standard InChI is InChI=1S/C14H24N2O5/c1-3-9-16(10-11(17)21-2)13(20)15-14(12(18)19)7-5-4-6-8-14/h3-10H2,1-2H3,(H,15,20)(H,18,19). The van der Waals surface area contributed by atoms with Gasteiger partial charge in [-0.3, -0.25) is 4.79 Å². The van der Waals surface area contributed by atoms with E-state index in [1.165, 1.54) is 12.0 Å². The fourth-order valence-corrected chi connectivity index (χ4v) is 2.57. The van der Waals surface area contributed by atoms with Crippen molar-refractivity contribution < 1.29 is 24.2 Å². The minimum atomic E-state index is -1.21. The zero-order valence-electron chi connectivity index (χ0n) is 12.7. The lowest BCUT2D eigenvalue weighted by atomic mass is 9.82. The van der Waals surface area contributed by atoms with E-state index in [9.17, 15) is 19.5 Å². The molecule has 0 aromatic carbocycles. The van der Waals surface area contributed by atoms with Crippen molar-refractivity contribution >= 4 is 18.0 Å². The first-order chi connectivity index (χ1) is 9.95. The number of carboxylic acid groups (broad SMARTS) is 1. The molecule has 0 aliphatic heterocycles. The predicted octanol–water partition coefficient (Wildman–Crippen LogP) is 1.37. The first kappa shape index (κ1) is 17.3. The minimum Gasteiger partial charge on any atom is -0.480 e. The Labute approximate surface area is 124 Å². The Morgan fingerprint density at radius 1 is 1.24 bits per heavy atom. The van der Waals surface area contributed by atoms with E-state index >= 15 is 0 Å². The van der Waals surface area contributed by atoms with Crippen molar-refractivity contribution in [2.75, 3.05) is 20.2 Å². The second kappa shape index (κ2) is 7.85. The molecular weight excluding hydrogens is 276 g/mol. The second-order valence-corrected chi connectivity index (χ2v) is 5.38. The molecule has 0 spiro atoms. The van der Waals surface area contributed by atoms with Crippen LogP contribution in [0.3, 0.4) is 0 Å². The van der Waals surface area contributed by atoms with Crippen LogP contribution in [0.15, 0.2) is 0 Å². The molecule has 1 rings (SSSR count). The zero-order chi connectivity index (χ0) is 15.9. The number of hydrogen-bond donors (Lipinski definition) is 2. The molecule has 7 nitrogen and oxygen atoms in total. The molecule has 0 unspecified atom stereocenters. The van der Waals surface area contributed by atoms with E-state index in [4.69, 9.17) is 0 Å². The number of aliphatic carboxylic acids is 1. The molecule has 1 saturated carbocycles. The zero-order valence-corrected chi connectivity index (χ0v) is 12.7. The molecule has 1 fully saturated rings. The van der Waals surface area contributed by atoms with E-state index in [1.54, 1.807) is 0 Å². The molecule has 1 aliphatic carbocycles. The SMILES string of the molecule is CCCN(CC(=O)OC)C(=O)NC1(C(=O)O)CCCCC1. The van der Waals surface area contributed by atoms with Gasteiger partial charge >= 0.3 is 18.0 Å². The molecule has 0 aromatic heterocycles. The van der Waals surface area contributed by atoms with E-state index in [0.29, 0.717) is 25.8 Å². The van der Waals surface area contributed by atoms with Crippen LogP contribution >= 0.6 is 0 Å². The molecule has 0 bridgehead atoms. The van der Waals surface area contributed by atoms with Gasteiger partial charge in [0.2, 0.25) is 0 Å². The van der Waals surface area contributed by atoms with Crippen LogP contribution in [-0.4, -0.2) is 53.7 Å². The van der Waals surface area contributed by atoms with Gasteiger partial charge in [0.05, 0.1) is 7.11 Å². The summed E-state index contributed by atoms with van der Waals surface area (Å²) in [7, 11) is 1.25. The molecular formula is C14H24N2O5. The molecule has 0 radical (unpaired) electrons. The third-order valence-corrected chi connectivity index (χ3v) is 3.79. The van der Waals surface area contributed by atoms with Gasteiger partial charge in [-0.2, -0.15) is 0 Å². The fourth-order valence-electron chi connectivity index (χ4n) is 2.57. The number of hydrogen-bond acceptors (Lipinski definition) is 4. The highest BCUT2D eigenvalue weighted by molar-refractivity contribution is 5.88. The van der Waals surface area contributed by atoms with E-state index in [2.05, 4.69) is 10.1 Å². The van der Waals surface area contributed by atoms with Crippen LogP contribution in [0.1, 0.15) is 45.4 Å². The normalized spacial score (nSPS) is 16.9. The van der Waals surface area contributed by atoms with Gasteiger partial charge in [0.1, 0.15) is 12.1 Å². The van der Waals surface area contributed by atoms with Crippen LogP contribution in [0.4, 0.5) is 4.79 Å². The highest BCUT2D eigenvalue weighted by Gasteiger charge is 2.41. The smallest absolute Gasteiger partial charge is 0.329 e. The molecule has 0 atom stereocenters. The van der Waals surface area contributed by atoms with Gasteiger partial charge in [-0.15, -0.1) is 0 Å². The summed E-state index contributed by atoms with van der Waals surface area (Å²) >= 11 is 0. The third kappa shape index (κ3) is 4.61. The number of ether oxygens (including phenoxy) is 1. The van der Waals surface area contributed by atoms with Crippen LogP contribution in [-0.2, 0) is 14.3 Å². The molecule has 0 saturated heterocycles. The number of carbonyl (C=O) groups is 3. The average molecular weight is 300 g/mol. The first-order valence-corrected chi connectivity index (χ1v) is 7.32. The summed E-state index contributed by atoms with van der Waals surface area (Å²) in [6.45, 7) is 2.08. The van der Waals surface area contributed by atoms with Crippen LogP contribution < -0.4 is 5.32 Å². The lowest BCUT2D eigenvalue weighted by Crippen LogP contribution is -2.59. The minimum absolute atomic E-state index is 0.175. The molecule has 1 aliphatic rings. The number of carbonyl (C=O) groups excluding carboxylic acids is 2. The Balaban J connectivity index is 2.77. The maximum Gasteiger partial charge on any atom is 0.329 e. The molecule has 2 amide bonds. The van der Waals surface area contributed by atoms with Gasteiger partial charge < -0.3 is 20.1 Å². The van der Waals surface area contributed by atoms with Gasteiger partial charge in [0.15, 0.2) is 0 Å². The Morgan fingerprint density at radius 2 is 1.86 bits per heavy atom. The lowest BCUT2D eigenvalue weighted by molar-refractivity contribution is -0.146. The van der Waals surface area contributed by atoms with Crippen molar-refractivity contribution in [2.45, 2.75) is 51.0 Å². The molecule has 2 N–H and O–H groups in total. The molecule has 21 heavy (non-hydrogen) atoms. The van der Waals surface area contributed by atoms with Gasteiger partial charge in [0.25, 0.3) is 0 Å². The number of methoxy groups -OCH3 is 1. The maximum atomic E-state index is 12.3. The van der Waals surface area contributed by atoms with Crippen molar-refractivity contribution in [3.05, 3.63) is 0 Å². The number of rotatable bonds is 6. The number of amides is 2. The number of carboxylic acids is 1. The monoisotopic (exact) mass is 300 g/mol. The molecule has 120 valence electrons. The third-order valence-electron chi connectivity index (χ3n) is 3.79.